The Morgan fingerprint density at radius 3 is 3.00 bits per heavy atom. The Morgan fingerprint density at radius 2 is 2.25 bits per heavy atom. The molecule has 0 atom stereocenters. The van der Waals surface area contributed by atoms with Crippen LogP contribution in [-0.2, 0) is 6.54 Å². The second kappa shape index (κ2) is 2.48. The van der Waals surface area contributed by atoms with E-state index in [0.717, 1.165) is 0 Å². The van der Waals surface area contributed by atoms with E-state index in [1.54, 1.807) is 27.6 Å². The lowest BCUT2D eigenvalue weighted by molar-refractivity contribution is 0.720. The Labute approximate surface area is 69.1 Å². The molecule has 0 aliphatic carbocycles. The van der Waals surface area contributed by atoms with E-state index in [1.807, 2.05) is 13.1 Å². The highest BCUT2D eigenvalue weighted by atomic mass is 16.1. The minimum atomic E-state index is -0.0370. The molecule has 0 aromatic carbocycles. The van der Waals surface area contributed by atoms with E-state index < -0.39 is 0 Å². The maximum absolute atomic E-state index is 11.5. The number of aromatic nitrogens is 3. The maximum Gasteiger partial charge on any atom is 0.294 e. The summed E-state index contributed by atoms with van der Waals surface area (Å²) < 4.78 is 3.34. The molecule has 0 radical (unpaired) electrons. The molecule has 2 aromatic heterocycles. The fraction of sp³-hybridized carbons (Fsp3) is 0.250. The molecule has 4 nitrogen and oxygen atoms in total. The summed E-state index contributed by atoms with van der Waals surface area (Å²) in [5.41, 5.74) is 0.448. The third kappa shape index (κ3) is 0.845. The molecule has 0 N–H and O–H groups in total. The van der Waals surface area contributed by atoms with Crippen molar-refractivity contribution in [3.63, 3.8) is 0 Å². The zero-order chi connectivity index (χ0) is 8.55. The van der Waals surface area contributed by atoms with Gasteiger partial charge in [-0.3, -0.25) is 4.79 Å². The van der Waals surface area contributed by atoms with Crippen LogP contribution in [0.3, 0.4) is 0 Å². The molecule has 0 bridgehead atoms. The number of hydrogen-bond acceptors (Lipinski definition) is 2. The average Bonchev–Trinajstić information content (AvgIpc) is 2.53. The Morgan fingerprint density at radius 1 is 1.42 bits per heavy atom. The topological polar surface area (TPSA) is 39.3 Å². The zero-order valence-electron chi connectivity index (χ0n) is 6.77. The van der Waals surface area contributed by atoms with E-state index in [4.69, 9.17) is 0 Å². The van der Waals surface area contributed by atoms with Crippen LogP contribution < -0.4 is 5.56 Å². The molecule has 2 heterocycles. The van der Waals surface area contributed by atoms with Gasteiger partial charge in [-0.1, -0.05) is 0 Å². The third-order valence-electron chi connectivity index (χ3n) is 1.87. The van der Waals surface area contributed by atoms with Gasteiger partial charge < -0.3 is 8.97 Å². The van der Waals surface area contributed by atoms with Gasteiger partial charge in [-0.05, 0) is 6.92 Å². The smallest absolute Gasteiger partial charge is 0.294 e. The second-order valence-electron chi connectivity index (χ2n) is 2.55. The molecule has 0 aliphatic heterocycles. The van der Waals surface area contributed by atoms with Gasteiger partial charge in [0.2, 0.25) is 5.65 Å². The van der Waals surface area contributed by atoms with Gasteiger partial charge in [0, 0.05) is 31.3 Å². The van der Waals surface area contributed by atoms with Crippen LogP contribution in [-0.4, -0.2) is 14.0 Å². The lowest BCUT2D eigenvalue weighted by Gasteiger charge is -2.00. The first-order valence-corrected chi connectivity index (χ1v) is 3.85. The molecule has 0 unspecified atom stereocenters. The number of imidazole rings is 1. The highest BCUT2D eigenvalue weighted by Gasteiger charge is 2.00. The lowest BCUT2D eigenvalue weighted by atomic mass is 10.6. The van der Waals surface area contributed by atoms with E-state index >= 15 is 0 Å². The van der Waals surface area contributed by atoms with Crippen molar-refractivity contribution >= 4 is 5.65 Å². The van der Waals surface area contributed by atoms with Crippen LogP contribution in [0.25, 0.3) is 5.65 Å². The first-order valence-electron chi connectivity index (χ1n) is 3.85. The summed E-state index contributed by atoms with van der Waals surface area (Å²) in [5.74, 6) is 0. The Bertz CT molecular complexity index is 455. The molecule has 2 aromatic rings. The molecule has 0 saturated carbocycles. The van der Waals surface area contributed by atoms with Crippen LogP contribution in [0.1, 0.15) is 6.92 Å². The fourth-order valence-electron chi connectivity index (χ4n) is 1.20. The van der Waals surface area contributed by atoms with Gasteiger partial charge in [0.05, 0.1) is 0 Å². The maximum atomic E-state index is 11.5. The Kier molecular flexibility index (Phi) is 1.46. The summed E-state index contributed by atoms with van der Waals surface area (Å²) in [6.07, 6.45) is 6.97. The molecule has 0 spiro atoms. The van der Waals surface area contributed by atoms with E-state index in [1.165, 1.54) is 0 Å². The van der Waals surface area contributed by atoms with E-state index in [0.29, 0.717) is 12.2 Å². The first-order chi connectivity index (χ1) is 5.83. The van der Waals surface area contributed by atoms with Crippen LogP contribution in [0.4, 0.5) is 0 Å². The summed E-state index contributed by atoms with van der Waals surface area (Å²) >= 11 is 0. The highest BCUT2D eigenvalue weighted by molar-refractivity contribution is 5.34. The second-order valence-corrected chi connectivity index (χ2v) is 2.55. The molecule has 12 heavy (non-hydrogen) atoms. The normalized spacial score (nSPS) is 10.8. The van der Waals surface area contributed by atoms with Crippen LogP contribution in [0.15, 0.2) is 29.6 Å². The van der Waals surface area contributed by atoms with Gasteiger partial charge in [-0.2, -0.15) is 0 Å². The van der Waals surface area contributed by atoms with Gasteiger partial charge in [-0.25, -0.2) is 4.98 Å². The fourth-order valence-corrected chi connectivity index (χ4v) is 1.20. The summed E-state index contributed by atoms with van der Waals surface area (Å²) in [4.78, 5) is 15.5. The standard InChI is InChI=1S/C8H9N3O/c1-2-10-5-6-11-4-3-9-7(11)8(10)12/h3-6H,2H2,1H3. The quantitative estimate of drug-likeness (QED) is 0.614. The van der Waals surface area contributed by atoms with Gasteiger partial charge in [-0.15, -0.1) is 0 Å². The molecule has 0 saturated heterocycles. The van der Waals surface area contributed by atoms with Crippen molar-refractivity contribution in [1.82, 2.24) is 14.0 Å². The minimum Gasteiger partial charge on any atom is -0.311 e. The Hall–Kier alpha value is -1.58. The molecule has 62 valence electrons. The monoisotopic (exact) mass is 163 g/mol. The lowest BCUT2D eigenvalue weighted by Crippen LogP contribution is -2.20. The number of nitrogens with zero attached hydrogens (tertiary/aromatic N) is 3. The van der Waals surface area contributed by atoms with Gasteiger partial charge in [0.15, 0.2) is 0 Å². The van der Waals surface area contributed by atoms with Gasteiger partial charge in [0.1, 0.15) is 0 Å². The summed E-state index contributed by atoms with van der Waals surface area (Å²) in [5, 5.41) is 0. The van der Waals surface area contributed by atoms with Crippen molar-refractivity contribution in [1.29, 1.82) is 0 Å². The van der Waals surface area contributed by atoms with Gasteiger partial charge >= 0.3 is 0 Å². The van der Waals surface area contributed by atoms with Crippen molar-refractivity contribution in [3.8, 4) is 0 Å². The highest BCUT2D eigenvalue weighted by Crippen LogP contribution is 1.92. The van der Waals surface area contributed by atoms with Crippen LogP contribution in [0.2, 0.25) is 0 Å². The molecular weight excluding hydrogens is 154 g/mol. The third-order valence-corrected chi connectivity index (χ3v) is 1.87. The van der Waals surface area contributed by atoms with E-state index in [9.17, 15) is 4.79 Å². The van der Waals surface area contributed by atoms with Crippen molar-refractivity contribution in [3.05, 3.63) is 35.1 Å². The summed E-state index contributed by atoms with van der Waals surface area (Å²) in [7, 11) is 0. The number of aryl methyl sites for hydroxylation is 1. The minimum absolute atomic E-state index is 0.0370. The van der Waals surface area contributed by atoms with Crippen molar-refractivity contribution < 1.29 is 0 Å². The molecule has 0 amide bonds. The van der Waals surface area contributed by atoms with Crippen molar-refractivity contribution in [2.75, 3.05) is 0 Å². The Balaban J connectivity index is 2.88. The largest absolute Gasteiger partial charge is 0.311 e. The van der Waals surface area contributed by atoms with E-state index in [-0.39, 0.29) is 5.56 Å². The first kappa shape index (κ1) is 7.09. The number of rotatable bonds is 1. The zero-order valence-corrected chi connectivity index (χ0v) is 6.77. The molecule has 0 aliphatic rings. The van der Waals surface area contributed by atoms with Gasteiger partial charge in [0.25, 0.3) is 5.56 Å². The van der Waals surface area contributed by atoms with Crippen LogP contribution in [0.5, 0.6) is 0 Å². The predicted octanol–water partition coefficient (Wildman–Crippen LogP) is 0.516. The molecule has 0 fully saturated rings. The SMILES string of the molecule is CCn1ccn2ccnc2c1=O. The summed E-state index contributed by atoms with van der Waals surface area (Å²) in [6, 6.07) is 0. The average molecular weight is 163 g/mol. The van der Waals surface area contributed by atoms with Crippen LogP contribution >= 0.6 is 0 Å². The number of hydrogen-bond donors (Lipinski definition) is 0. The molecular formula is C8H9N3O. The van der Waals surface area contributed by atoms with Crippen LogP contribution in [0, 0.1) is 0 Å². The van der Waals surface area contributed by atoms with Crippen molar-refractivity contribution in [2.45, 2.75) is 13.5 Å². The van der Waals surface area contributed by atoms with E-state index in [2.05, 4.69) is 4.98 Å². The summed E-state index contributed by atoms with van der Waals surface area (Å²) in [6.45, 7) is 2.61. The van der Waals surface area contributed by atoms with Crippen molar-refractivity contribution in [2.24, 2.45) is 0 Å². The predicted molar refractivity (Wildman–Crippen MR) is 45.1 cm³/mol. The number of fused-ring (bicyclic) bond motifs is 1. The molecule has 4 heteroatoms. The molecule has 2 rings (SSSR count).